The van der Waals surface area contributed by atoms with Crippen molar-refractivity contribution < 1.29 is 22.3 Å². The van der Waals surface area contributed by atoms with Crippen LogP contribution in [0.5, 0.6) is 0 Å². The zero-order chi connectivity index (χ0) is 14.3. The van der Waals surface area contributed by atoms with E-state index < -0.39 is 15.6 Å². The maximum absolute atomic E-state index is 12.5. The third-order valence-corrected chi connectivity index (χ3v) is 4.02. The number of alkyl halides is 2. The fourth-order valence-corrected chi connectivity index (χ4v) is 2.50. The van der Waals surface area contributed by atoms with E-state index in [0.717, 1.165) is 18.9 Å². The molecule has 19 heavy (non-hydrogen) atoms. The molecule has 108 valence electrons. The molecule has 0 heterocycles. The molecule has 1 rings (SSSR count). The molecule has 0 atom stereocenters. The Kier molecular flexibility index (Phi) is 6.17. The Bertz CT molecular complexity index is 492. The van der Waals surface area contributed by atoms with Crippen LogP contribution in [0, 0.1) is 0 Å². The summed E-state index contributed by atoms with van der Waals surface area (Å²) < 4.78 is 48.0. The zero-order valence-corrected chi connectivity index (χ0v) is 11.2. The van der Waals surface area contributed by atoms with E-state index in [0.29, 0.717) is 13.0 Å². The minimum absolute atomic E-state index is 0.107. The van der Waals surface area contributed by atoms with Gasteiger partial charge in [0, 0.05) is 13.2 Å². The highest BCUT2D eigenvalue weighted by atomic mass is 32.2. The van der Waals surface area contributed by atoms with Crippen LogP contribution in [0.2, 0.25) is 0 Å². The van der Waals surface area contributed by atoms with Gasteiger partial charge in [-0.2, -0.15) is 8.78 Å². The average molecular weight is 293 g/mol. The number of nitrogens with one attached hydrogen (secondary N) is 1. The molecular weight excluding hydrogens is 276 g/mol. The van der Waals surface area contributed by atoms with Crippen molar-refractivity contribution in [2.45, 2.75) is 29.9 Å². The number of aliphatic hydroxyl groups excluding tert-OH is 1. The minimum Gasteiger partial charge on any atom is -0.396 e. The molecule has 0 aliphatic carbocycles. The van der Waals surface area contributed by atoms with Gasteiger partial charge in [-0.25, -0.2) is 8.42 Å². The van der Waals surface area contributed by atoms with Gasteiger partial charge in [-0.15, -0.1) is 0 Å². The van der Waals surface area contributed by atoms with E-state index in [-0.39, 0.29) is 17.2 Å². The number of benzene rings is 1. The van der Waals surface area contributed by atoms with Gasteiger partial charge in [0.05, 0.1) is 10.6 Å². The third-order valence-electron chi connectivity index (χ3n) is 2.58. The quantitative estimate of drug-likeness (QED) is 0.722. The second kappa shape index (κ2) is 7.40. The number of anilines is 1. The maximum atomic E-state index is 12.5. The van der Waals surface area contributed by atoms with Crippen molar-refractivity contribution >= 4 is 15.5 Å². The monoisotopic (exact) mass is 293 g/mol. The van der Waals surface area contributed by atoms with E-state index in [1.165, 1.54) is 12.1 Å². The molecule has 0 fully saturated rings. The molecule has 0 unspecified atom stereocenters. The number of sulfone groups is 1. The molecule has 0 aromatic heterocycles. The first-order valence-electron chi connectivity index (χ1n) is 5.96. The van der Waals surface area contributed by atoms with Gasteiger partial charge in [0.25, 0.3) is 0 Å². The van der Waals surface area contributed by atoms with Gasteiger partial charge >= 0.3 is 5.76 Å². The molecule has 0 amide bonds. The molecule has 0 aliphatic heterocycles. The van der Waals surface area contributed by atoms with Crippen molar-refractivity contribution in [3.63, 3.8) is 0 Å². The second-order valence-electron chi connectivity index (χ2n) is 4.01. The van der Waals surface area contributed by atoms with Crippen LogP contribution in [0.1, 0.15) is 19.3 Å². The Morgan fingerprint density at radius 3 is 2.47 bits per heavy atom. The SMILES string of the molecule is O=S(=O)(c1ccccc1NCCCCCO)C(F)F. The van der Waals surface area contributed by atoms with Crippen LogP contribution in [0.3, 0.4) is 0 Å². The van der Waals surface area contributed by atoms with Gasteiger partial charge in [0.15, 0.2) is 0 Å². The van der Waals surface area contributed by atoms with Crippen LogP contribution in [0.15, 0.2) is 29.2 Å². The fraction of sp³-hybridized carbons (Fsp3) is 0.500. The summed E-state index contributed by atoms with van der Waals surface area (Å²) in [6, 6.07) is 5.62. The lowest BCUT2D eigenvalue weighted by Gasteiger charge is -2.11. The molecule has 0 spiro atoms. The van der Waals surface area contributed by atoms with Crippen LogP contribution < -0.4 is 5.32 Å². The summed E-state index contributed by atoms with van der Waals surface area (Å²) in [5, 5.41) is 11.5. The Balaban J connectivity index is 2.74. The van der Waals surface area contributed by atoms with Crippen molar-refractivity contribution in [3.8, 4) is 0 Å². The topological polar surface area (TPSA) is 66.4 Å². The smallest absolute Gasteiger partial charge is 0.341 e. The number of hydrogen-bond donors (Lipinski definition) is 2. The molecule has 7 heteroatoms. The van der Waals surface area contributed by atoms with E-state index in [9.17, 15) is 17.2 Å². The molecule has 0 aliphatic rings. The molecular formula is C12H17F2NO3S. The largest absolute Gasteiger partial charge is 0.396 e. The molecule has 2 N–H and O–H groups in total. The van der Waals surface area contributed by atoms with E-state index in [4.69, 9.17) is 5.11 Å². The normalized spacial score (nSPS) is 11.8. The summed E-state index contributed by atoms with van der Waals surface area (Å²) in [4.78, 5) is -0.382. The average Bonchev–Trinajstić information content (AvgIpc) is 2.38. The van der Waals surface area contributed by atoms with E-state index in [2.05, 4.69) is 5.32 Å². The highest BCUT2D eigenvalue weighted by molar-refractivity contribution is 7.91. The lowest BCUT2D eigenvalue weighted by molar-refractivity contribution is 0.235. The summed E-state index contributed by atoms with van der Waals surface area (Å²) in [7, 11) is -4.59. The Labute approximate surface area is 111 Å². The van der Waals surface area contributed by atoms with Gasteiger partial charge in [0.2, 0.25) is 9.84 Å². The summed E-state index contributed by atoms with van der Waals surface area (Å²) in [6.07, 6.45) is 2.18. The number of rotatable bonds is 8. The molecule has 4 nitrogen and oxygen atoms in total. The molecule has 0 bridgehead atoms. The summed E-state index contributed by atoms with van der Waals surface area (Å²) >= 11 is 0. The highest BCUT2D eigenvalue weighted by Gasteiger charge is 2.28. The molecule has 0 saturated carbocycles. The fourth-order valence-electron chi connectivity index (χ4n) is 1.59. The van der Waals surface area contributed by atoms with Crippen molar-refractivity contribution in [3.05, 3.63) is 24.3 Å². The number of para-hydroxylation sites is 1. The van der Waals surface area contributed by atoms with Crippen molar-refractivity contribution in [1.29, 1.82) is 0 Å². The second-order valence-corrected chi connectivity index (χ2v) is 5.90. The lowest BCUT2D eigenvalue weighted by atomic mass is 10.2. The van der Waals surface area contributed by atoms with Gasteiger partial charge in [-0.1, -0.05) is 12.1 Å². The summed E-state index contributed by atoms with van der Waals surface area (Å²) in [6.45, 7) is 0.576. The van der Waals surface area contributed by atoms with E-state index >= 15 is 0 Å². The van der Waals surface area contributed by atoms with E-state index in [1.807, 2.05) is 0 Å². The lowest BCUT2D eigenvalue weighted by Crippen LogP contribution is -2.14. The number of hydrogen-bond acceptors (Lipinski definition) is 4. The van der Waals surface area contributed by atoms with Gasteiger partial charge in [-0.3, -0.25) is 0 Å². The van der Waals surface area contributed by atoms with Crippen molar-refractivity contribution in [2.24, 2.45) is 0 Å². The van der Waals surface area contributed by atoms with Gasteiger partial charge < -0.3 is 10.4 Å². The first kappa shape index (κ1) is 15.8. The number of unbranched alkanes of at least 4 members (excludes halogenated alkanes) is 2. The van der Waals surface area contributed by atoms with Crippen LogP contribution in [0.25, 0.3) is 0 Å². The van der Waals surface area contributed by atoms with Gasteiger partial charge in [0.1, 0.15) is 0 Å². The highest BCUT2D eigenvalue weighted by Crippen LogP contribution is 2.25. The first-order valence-corrected chi connectivity index (χ1v) is 7.50. The van der Waals surface area contributed by atoms with Crippen LogP contribution >= 0.6 is 0 Å². The Morgan fingerprint density at radius 2 is 1.84 bits per heavy atom. The van der Waals surface area contributed by atoms with Crippen molar-refractivity contribution in [1.82, 2.24) is 0 Å². The first-order chi connectivity index (χ1) is 9.00. The Hall–Kier alpha value is -1.21. The third kappa shape index (κ3) is 4.43. The molecule has 1 aromatic rings. The predicted octanol–water partition coefficient (Wildman–Crippen LogP) is 2.26. The van der Waals surface area contributed by atoms with Crippen LogP contribution in [-0.4, -0.2) is 32.4 Å². The molecule has 0 saturated heterocycles. The number of aliphatic hydroxyl groups is 1. The van der Waals surface area contributed by atoms with Crippen molar-refractivity contribution in [2.75, 3.05) is 18.5 Å². The van der Waals surface area contributed by atoms with Crippen LogP contribution in [0.4, 0.5) is 14.5 Å². The standard InChI is InChI=1S/C12H17F2NO3S/c13-12(14)19(17,18)11-7-3-2-6-10(11)15-8-4-1-5-9-16/h2-3,6-7,12,15-16H,1,4-5,8-9H2. The van der Waals surface area contributed by atoms with Gasteiger partial charge in [-0.05, 0) is 31.4 Å². The van der Waals surface area contributed by atoms with E-state index in [1.54, 1.807) is 6.07 Å². The minimum atomic E-state index is -4.59. The Morgan fingerprint density at radius 1 is 1.16 bits per heavy atom. The maximum Gasteiger partial charge on any atom is 0.341 e. The zero-order valence-electron chi connectivity index (χ0n) is 10.4. The predicted molar refractivity (Wildman–Crippen MR) is 69.1 cm³/mol. The summed E-state index contributed by atoms with van der Waals surface area (Å²) in [5.74, 6) is -3.43. The summed E-state index contributed by atoms with van der Waals surface area (Å²) in [5.41, 5.74) is 0.187. The van der Waals surface area contributed by atoms with Crippen LogP contribution in [-0.2, 0) is 9.84 Å². The number of halogens is 2. The molecule has 0 radical (unpaired) electrons. The molecule has 1 aromatic carbocycles.